The van der Waals surface area contributed by atoms with Crippen molar-refractivity contribution in [3.63, 3.8) is 0 Å². The fourth-order valence-corrected chi connectivity index (χ4v) is 0.563. The van der Waals surface area contributed by atoms with Gasteiger partial charge in [0.1, 0.15) is 0 Å². The third-order valence-corrected chi connectivity index (χ3v) is 1.67. The summed E-state index contributed by atoms with van der Waals surface area (Å²) in [5.74, 6) is 0. The van der Waals surface area contributed by atoms with Gasteiger partial charge in [0.05, 0.1) is 10.6 Å². The van der Waals surface area contributed by atoms with Crippen LogP contribution in [0.25, 0.3) is 0 Å². The fraction of sp³-hybridized carbons (Fsp3) is 0.286. The number of nitrogens with two attached hydrogens (primary N) is 1. The molecule has 6 heteroatoms. The van der Waals surface area contributed by atoms with Gasteiger partial charge in [-0.3, -0.25) is 0 Å². The molecule has 0 bridgehead atoms. The third kappa shape index (κ3) is 4.62. The zero-order valence-corrected chi connectivity index (χ0v) is 7.75. The van der Waals surface area contributed by atoms with Crippen molar-refractivity contribution in [2.24, 2.45) is 10.7 Å². The highest BCUT2D eigenvalue weighted by Gasteiger charge is 2.32. The first-order valence-electron chi connectivity index (χ1n) is 3.18. The van der Waals surface area contributed by atoms with Crippen LogP contribution < -0.4 is 5.73 Å². The smallest absolute Gasteiger partial charge is 0.404 e. The van der Waals surface area contributed by atoms with E-state index < -0.39 is 11.7 Å². The van der Waals surface area contributed by atoms with Crippen LogP contribution in [0.3, 0.4) is 0 Å². The van der Waals surface area contributed by atoms with Gasteiger partial charge in [-0.25, -0.2) is 4.99 Å². The fourth-order valence-electron chi connectivity index (χ4n) is 0.405. The van der Waals surface area contributed by atoms with Crippen molar-refractivity contribution in [2.75, 3.05) is 6.26 Å². The molecular formula is C7H9F3N2S. The van der Waals surface area contributed by atoms with Crippen LogP contribution >= 0.6 is 11.8 Å². The van der Waals surface area contributed by atoms with Gasteiger partial charge in [-0.1, -0.05) is 6.58 Å². The van der Waals surface area contributed by atoms with Gasteiger partial charge in [-0.05, 0) is 6.26 Å². The number of nitrogens with zero attached hydrogens (tertiary/aromatic N) is 1. The minimum Gasteiger partial charge on any atom is -0.404 e. The van der Waals surface area contributed by atoms with Crippen molar-refractivity contribution in [2.45, 2.75) is 6.18 Å². The minimum atomic E-state index is -4.46. The molecule has 0 aliphatic rings. The number of alkyl halides is 3. The average molecular weight is 210 g/mol. The maximum atomic E-state index is 12.0. The molecule has 74 valence electrons. The summed E-state index contributed by atoms with van der Waals surface area (Å²) in [4.78, 5) is 3.46. The van der Waals surface area contributed by atoms with E-state index in [0.717, 1.165) is 11.8 Å². The Hall–Kier alpha value is -0.910. The molecule has 2 N–H and O–H groups in total. The summed E-state index contributed by atoms with van der Waals surface area (Å²) >= 11 is 1.16. The van der Waals surface area contributed by atoms with Gasteiger partial charge >= 0.3 is 6.18 Å². The first-order valence-corrected chi connectivity index (χ1v) is 4.40. The van der Waals surface area contributed by atoms with E-state index >= 15 is 0 Å². The summed E-state index contributed by atoms with van der Waals surface area (Å²) in [6, 6.07) is 0. The summed E-state index contributed by atoms with van der Waals surface area (Å²) in [6.07, 6.45) is -1.67. The summed E-state index contributed by atoms with van der Waals surface area (Å²) in [5.41, 5.74) is 3.79. The highest BCUT2D eigenvalue weighted by atomic mass is 32.2. The molecule has 0 rings (SSSR count). The van der Waals surface area contributed by atoms with E-state index in [1.807, 2.05) is 0 Å². The van der Waals surface area contributed by atoms with E-state index in [-0.39, 0.29) is 0 Å². The summed E-state index contributed by atoms with van der Waals surface area (Å²) in [6.45, 7) is 3.39. The summed E-state index contributed by atoms with van der Waals surface area (Å²) in [5, 5.41) is 0.295. The monoisotopic (exact) mass is 210 g/mol. The topological polar surface area (TPSA) is 38.4 Å². The van der Waals surface area contributed by atoms with Crippen molar-refractivity contribution in [1.29, 1.82) is 0 Å². The van der Waals surface area contributed by atoms with Gasteiger partial charge in [0.2, 0.25) is 0 Å². The Bertz CT molecular complexity index is 243. The Kier molecular flexibility index (Phi) is 4.61. The first-order chi connectivity index (χ1) is 5.91. The zero-order chi connectivity index (χ0) is 10.5. The lowest BCUT2D eigenvalue weighted by molar-refractivity contribution is -0.0857. The predicted octanol–water partition coefficient (Wildman–Crippen LogP) is 2.30. The van der Waals surface area contributed by atoms with Gasteiger partial charge in [0.25, 0.3) is 0 Å². The largest absolute Gasteiger partial charge is 0.419 e. The van der Waals surface area contributed by atoms with E-state index in [2.05, 4.69) is 11.6 Å². The quantitative estimate of drug-likeness (QED) is 0.726. The molecule has 0 saturated carbocycles. The number of halogens is 3. The highest BCUT2D eigenvalue weighted by Crippen LogP contribution is 2.23. The van der Waals surface area contributed by atoms with Gasteiger partial charge < -0.3 is 5.73 Å². The Morgan fingerprint density at radius 1 is 1.54 bits per heavy atom. The molecule has 0 aromatic rings. The van der Waals surface area contributed by atoms with Crippen LogP contribution in [0.5, 0.6) is 0 Å². The van der Waals surface area contributed by atoms with E-state index in [0.29, 0.717) is 17.4 Å². The average Bonchev–Trinajstić information content (AvgIpc) is 2.02. The maximum absolute atomic E-state index is 12.0. The van der Waals surface area contributed by atoms with Crippen LogP contribution in [0.2, 0.25) is 0 Å². The van der Waals surface area contributed by atoms with Crippen LogP contribution in [-0.2, 0) is 0 Å². The van der Waals surface area contributed by atoms with Gasteiger partial charge in [0.15, 0.2) is 0 Å². The number of thioether (sulfide) groups is 1. The second-order valence-corrected chi connectivity index (χ2v) is 2.86. The molecule has 0 atom stereocenters. The van der Waals surface area contributed by atoms with Crippen LogP contribution in [0.15, 0.2) is 28.4 Å². The predicted molar refractivity (Wildman–Crippen MR) is 49.5 cm³/mol. The Balaban J connectivity index is 4.50. The molecule has 0 saturated heterocycles. The molecule has 0 amide bonds. The third-order valence-electron chi connectivity index (χ3n) is 1.09. The number of aliphatic imine (C=N–C) groups is 1. The molecule has 0 radical (unpaired) electrons. The van der Waals surface area contributed by atoms with E-state index in [1.54, 1.807) is 6.26 Å². The lowest BCUT2D eigenvalue weighted by atomic mass is 10.3. The molecule has 0 spiro atoms. The number of hydrogen-bond donors (Lipinski definition) is 1. The van der Waals surface area contributed by atoms with E-state index in [1.165, 1.54) is 0 Å². The normalized spacial score (nSPS) is 13.7. The Morgan fingerprint density at radius 3 is 2.38 bits per heavy atom. The van der Waals surface area contributed by atoms with Crippen molar-refractivity contribution in [1.82, 2.24) is 0 Å². The second-order valence-electron chi connectivity index (χ2n) is 1.98. The van der Waals surface area contributed by atoms with Crippen molar-refractivity contribution < 1.29 is 13.2 Å². The Labute approximate surface area is 78.4 Å². The van der Waals surface area contributed by atoms with Crippen LogP contribution in [0.4, 0.5) is 13.2 Å². The molecule has 2 nitrogen and oxygen atoms in total. The lowest BCUT2D eigenvalue weighted by Gasteiger charge is -2.04. The van der Waals surface area contributed by atoms with Crippen LogP contribution in [0.1, 0.15) is 0 Å². The molecule has 0 aliphatic heterocycles. The summed E-state index contributed by atoms with van der Waals surface area (Å²) in [7, 11) is 0. The standard InChI is InChI=1S/C7H9F3N2S/c1-5(13-2)12-4-6(3-11)7(8,9)10/h3-4H,1,11H2,2H3/b6-3+,12-4?. The van der Waals surface area contributed by atoms with E-state index in [9.17, 15) is 13.2 Å². The lowest BCUT2D eigenvalue weighted by Crippen LogP contribution is -2.14. The van der Waals surface area contributed by atoms with Crippen molar-refractivity contribution >= 4 is 18.0 Å². The molecular weight excluding hydrogens is 201 g/mol. The molecule has 13 heavy (non-hydrogen) atoms. The Morgan fingerprint density at radius 2 is 2.08 bits per heavy atom. The molecule has 0 heterocycles. The minimum absolute atomic E-state index is 0.295. The number of rotatable bonds is 3. The maximum Gasteiger partial charge on any atom is 0.419 e. The molecule has 0 aromatic carbocycles. The first kappa shape index (κ1) is 12.1. The number of allylic oxidation sites excluding steroid dienone is 1. The van der Waals surface area contributed by atoms with E-state index in [4.69, 9.17) is 5.73 Å². The van der Waals surface area contributed by atoms with Gasteiger partial charge in [-0.15, -0.1) is 11.8 Å². The SMILES string of the molecule is C=C(N=C/C(=C\N)C(F)(F)F)SC. The van der Waals surface area contributed by atoms with Crippen molar-refractivity contribution in [3.05, 3.63) is 23.4 Å². The van der Waals surface area contributed by atoms with Gasteiger partial charge in [0, 0.05) is 12.4 Å². The molecule has 0 fully saturated rings. The second kappa shape index (κ2) is 4.96. The summed E-state index contributed by atoms with van der Waals surface area (Å²) < 4.78 is 36.0. The highest BCUT2D eigenvalue weighted by molar-refractivity contribution is 8.02. The number of hydrogen-bond acceptors (Lipinski definition) is 3. The molecule has 0 aromatic heterocycles. The van der Waals surface area contributed by atoms with Gasteiger partial charge in [-0.2, -0.15) is 13.2 Å². The van der Waals surface area contributed by atoms with Crippen LogP contribution in [-0.4, -0.2) is 18.6 Å². The molecule has 0 aliphatic carbocycles. The van der Waals surface area contributed by atoms with Crippen molar-refractivity contribution in [3.8, 4) is 0 Å². The molecule has 0 unspecified atom stereocenters. The van der Waals surface area contributed by atoms with Crippen LogP contribution in [0, 0.1) is 0 Å². The zero-order valence-electron chi connectivity index (χ0n) is 6.93.